The second-order valence-electron chi connectivity index (χ2n) is 5.63. The van der Waals surface area contributed by atoms with E-state index in [0.29, 0.717) is 12.1 Å². The third-order valence-electron chi connectivity index (χ3n) is 3.68. The third-order valence-corrected chi connectivity index (χ3v) is 4.85. The number of nitrogens with zero attached hydrogens (tertiary/aromatic N) is 2. The number of anilines is 1. The average Bonchev–Trinajstić information content (AvgIpc) is 3.22. The highest BCUT2D eigenvalue weighted by Gasteiger charge is 2.13. The van der Waals surface area contributed by atoms with Crippen molar-refractivity contribution in [2.75, 3.05) is 19.0 Å². The molecule has 0 bridgehead atoms. The molecular formula is C18H19N3O2S. The summed E-state index contributed by atoms with van der Waals surface area (Å²) >= 11 is 1.53. The van der Waals surface area contributed by atoms with Crippen LogP contribution in [0, 0.1) is 6.92 Å². The maximum absolute atomic E-state index is 12.3. The predicted octanol–water partition coefficient (Wildman–Crippen LogP) is 3.71. The summed E-state index contributed by atoms with van der Waals surface area (Å²) in [6, 6.07) is 11.2. The van der Waals surface area contributed by atoms with Gasteiger partial charge in [-0.25, -0.2) is 4.98 Å². The highest BCUT2D eigenvalue weighted by Crippen LogP contribution is 2.28. The second-order valence-corrected chi connectivity index (χ2v) is 6.71. The smallest absolute Gasteiger partial charge is 0.251 e. The predicted molar refractivity (Wildman–Crippen MR) is 96.5 cm³/mol. The molecule has 0 saturated heterocycles. The van der Waals surface area contributed by atoms with Crippen molar-refractivity contribution < 1.29 is 9.21 Å². The summed E-state index contributed by atoms with van der Waals surface area (Å²) in [7, 11) is 3.94. The van der Waals surface area contributed by atoms with Gasteiger partial charge < -0.3 is 14.6 Å². The number of furan rings is 1. The van der Waals surface area contributed by atoms with Crippen molar-refractivity contribution in [2.24, 2.45) is 0 Å². The average molecular weight is 341 g/mol. The Bertz CT molecular complexity index is 821. The fourth-order valence-electron chi connectivity index (χ4n) is 2.27. The number of amides is 1. The minimum atomic E-state index is -0.0901. The van der Waals surface area contributed by atoms with E-state index in [1.54, 1.807) is 6.26 Å². The number of hydrogen-bond acceptors (Lipinski definition) is 5. The van der Waals surface area contributed by atoms with Gasteiger partial charge in [0.05, 0.1) is 18.5 Å². The van der Waals surface area contributed by atoms with Crippen LogP contribution in [0.1, 0.15) is 20.9 Å². The van der Waals surface area contributed by atoms with Crippen molar-refractivity contribution >= 4 is 22.9 Å². The quantitative estimate of drug-likeness (QED) is 0.768. The molecule has 2 aromatic heterocycles. The SMILES string of the molecule is Cc1nc(-c2ccco2)sc1CNC(=O)c1ccc(N(C)C)cc1. The van der Waals surface area contributed by atoms with E-state index in [-0.39, 0.29) is 5.91 Å². The Kier molecular flexibility index (Phi) is 4.66. The molecule has 0 fully saturated rings. The number of thiazole rings is 1. The van der Waals surface area contributed by atoms with Crippen LogP contribution in [0.5, 0.6) is 0 Å². The number of hydrogen-bond donors (Lipinski definition) is 1. The van der Waals surface area contributed by atoms with Crippen LogP contribution in [-0.4, -0.2) is 25.0 Å². The Morgan fingerprint density at radius 3 is 2.62 bits per heavy atom. The van der Waals surface area contributed by atoms with Gasteiger partial charge >= 0.3 is 0 Å². The van der Waals surface area contributed by atoms with Crippen LogP contribution in [0.4, 0.5) is 5.69 Å². The topological polar surface area (TPSA) is 58.4 Å². The van der Waals surface area contributed by atoms with Crippen molar-refractivity contribution in [3.63, 3.8) is 0 Å². The molecule has 24 heavy (non-hydrogen) atoms. The molecule has 0 aliphatic heterocycles. The number of carbonyl (C=O) groups excluding carboxylic acids is 1. The van der Waals surface area contributed by atoms with E-state index in [0.717, 1.165) is 27.0 Å². The van der Waals surface area contributed by atoms with E-state index in [4.69, 9.17) is 4.42 Å². The maximum Gasteiger partial charge on any atom is 0.251 e. The van der Waals surface area contributed by atoms with Crippen molar-refractivity contribution in [1.29, 1.82) is 0 Å². The zero-order valence-electron chi connectivity index (χ0n) is 13.9. The molecule has 0 saturated carbocycles. The lowest BCUT2D eigenvalue weighted by Crippen LogP contribution is -2.22. The zero-order chi connectivity index (χ0) is 17.1. The molecule has 2 heterocycles. The molecule has 5 nitrogen and oxygen atoms in total. The molecule has 6 heteroatoms. The van der Waals surface area contributed by atoms with Crippen molar-refractivity contribution in [1.82, 2.24) is 10.3 Å². The number of benzene rings is 1. The van der Waals surface area contributed by atoms with Crippen LogP contribution in [0.15, 0.2) is 47.1 Å². The Labute approximate surface area is 144 Å². The fraction of sp³-hybridized carbons (Fsp3) is 0.222. The molecule has 0 radical (unpaired) electrons. The highest BCUT2D eigenvalue weighted by molar-refractivity contribution is 7.15. The zero-order valence-corrected chi connectivity index (χ0v) is 14.7. The molecule has 0 aliphatic carbocycles. The summed E-state index contributed by atoms with van der Waals surface area (Å²) in [5, 5.41) is 3.78. The van der Waals surface area contributed by atoms with E-state index in [2.05, 4.69) is 10.3 Å². The normalized spacial score (nSPS) is 10.6. The van der Waals surface area contributed by atoms with E-state index < -0.39 is 0 Å². The van der Waals surface area contributed by atoms with Gasteiger partial charge in [-0.15, -0.1) is 11.3 Å². The molecule has 1 aromatic carbocycles. The maximum atomic E-state index is 12.3. The Morgan fingerprint density at radius 1 is 1.25 bits per heavy atom. The summed E-state index contributed by atoms with van der Waals surface area (Å²) in [6.45, 7) is 2.40. The van der Waals surface area contributed by atoms with Crippen LogP contribution in [0.2, 0.25) is 0 Å². The van der Waals surface area contributed by atoms with Gasteiger partial charge in [-0.3, -0.25) is 4.79 Å². The van der Waals surface area contributed by atoms with Gasteiger partial charge in [-0.2, -0.15) is 0 Å². The van der Waals surface area contributed by atoms with Crippen LogP contribution in [0.25, 0.3) is 10.8 Å². The molecule has 0 atom stereocenters. The van der Waals surface area contributed by atoms with Crippen LogP contribution < -0.4 is 10.2 Å². The molecule has 0 spiro atoms. The van der Waals surface area contributed by atoms with Crippen molar-refractivity contribution in [3.8, 4) is 10.8 Å². The summed E-state index contributed by atoms with van der Waals surface area (Å²) in [5.74, 6) is 0.660. The van der Waals surface area contributed by atoms with Gasteiger partial charge in [-0.1, -0.05) is 0 Å². The van der Waals surface area contributed by atoms with Crippen LogP contribution in [-0.2, 0) is 6.54 Å². The summed E-state index contributed by atoms with van der Waals surface area (Å²) in [5.41, 5.74) is 2.62. The second kappa shape index (κ2) is 6.88. The Balaban J connectivity index is 1.66. The van der Waals surface area contributed by atoms with Gasteiger partial charge in [0.25, 0.3) is 5.91 Å². The van der Waals surface area contributed by atoms with E-state index in [1.807, 2.05) is 62.3 Å². The van der Waals surface area contributed by atoms with Gasteiger partial charge in [0.2, 0.25) is 0 Å². The first kappa shape index (κ1) is 16.3. The fourth-order valence-corrected chi connectivity index (χ4v) is 3.24. The van der Waals surface area contributed by atoms with Crippen molar-refractivity contribution in [2.45, 2.75) is 13.5 Å². The van der Waals surface area contributed by atoms with Gasteiger partial charge in [0, 0.05) is 30.2 Å². The number of rotatable bonds is 5. The molecule has 3 aromatic rings. The molecule has 0 aliphatic rings. The minimum Gasteiger partial charge on any atom is -0.462 e. The molecule has 3 rings (SSSR count). The Hall–Kier alpha value is -2.60. The van der Waals surface area contributed by atoms with Crippen LogP contribution in [0.3, 0.4) is 0 Å². The number of carbonyl (C=O) groups is 1. The number of nitrogens with one attached hydrogen (secondary N) is 1. The minimum absolute atomic E-state index is 0.0901. The first-order valence-electron chi connectivity index (χ1n) is 7.60. The highest BCUT2D eigenvalue weighted by atomic mass is 32.1. The van der Waals surface area contributed by atoms with Gasteiger partial charge in [0.15, 0.2) is 10.8 Å². The molecule has 124 valence electrons. The van der Waals surface area contributed by atoms with Crippen molar-refractivity contribution in [3.05, 3.63) is 58.8 Å². The lowest BCUT2D eigenvalue weighted by Gasteiger charge is -2.12. The Morgan fingerprint density at radius 2 is 2.00 bits per heavy atom. The summed E-state index contributed by atoms with van der Waals surface area (Å²) in [6.07, 6.45) is 1.63. The molecule has 0 unspecified atom stereocenters. The summed E-state index contributed by atoms with van der Waals surface area (Å²) < 4.78 is 5.37. The van der Waals surface area contributed by atoms with Gasteiger partial charge in [0.1, 0.15) is 0 Å². The lowest BCUT2D eigenvalue weighted by atomic mass is 10.2. The number of aromatic nitrogens is 1. The molecular weight excluding hydrogens is 322 g/mol. The van der Waals surface area contributed by atoms with E-state index in [9.17, 15) is 4.79 Å². The molecule has 1 N–H and O–H groups in total. The van der Waals surface area contributed by atoms with Crippen LogP contribution >= 0.6 is 11.3 Å². The first-order valence-corrected chi connectivity index (χ1v) is 8.42. The van der Waals surface area contributed by atoms with Gasteiger partial charge in [-0.05, 0) is 43.3 Å². The number of aryl methyl sites for hydroxylation is 1. The largest absolute Gasteiger partial charge is 0.462 e. The van der Waals surface area contributed by atoms with E-state index in [1.165, 1.54) is 11.3 Å². The standard InChI is InChI=1S/C18H19N3O2S/c1-12-16(24-18(20-12)15-5-4-10-23-15)11-19-17(22)13-6-8-14(9-7-13)21(2)3/h4-10H,11H2,1-3H3,(H,19,22). The van der Waals surface area contributed by atoms with E-state index >= 15 is 0 Å². The summed E-state index contributed by atoms with van der Waals surface area (Å²) in [4.78, 5) is 19.8. The lowest BCUT2D eigenvalue weighted by molar-refractivity contribution is 0.0951. The monoisotopic (exact) mass is 341 g/mol. The first-order chi connectivity index (χ1) is 11.5. The third kappa shape index (κ3) is 3.49. The molecule has 1 amide bonds.